The number of guanidine groups is 1. The lowest BCUT2D eigenvalue weighted by atomic mass is 9.64. The van der Waals surface area contributed by atoms with E-state index < -0.39 is 0 Å². The van der Waals surface area contributed by atoms with Crippen LogP contribution in [0.3, 0.4) is 0 Å². The summed E-state index contributed by atoms with van der Waals surface area (Å²) in [5.74, 6) is 1.73. The van der Waals surface area contributed by atoms with E-state index in [4.69, 9.17) is 4.99 Å². The van der Waals surface area contributed by atoms with Crippen LogP contribution >= 0.6 is 0 Å². The lowest BCUT2D eigenvalue weighted by molar-refractivity contribution is 0.111. The van der Waals surface area contributed by atoms with Crippen LogP contribution in [-0.2, 0) is 6.42 Å². The van der Waals surface area contributed by atoms with Gasteiger partial charge in [-0.05, 0) is 62.8 Å². The van der Waals surface area contributed by atoms with Crippen LogP contribution in [0.2, 0.25) is 0 Å². The van der Waals surface area contributed by atoms with Crippen molar-refractivity contribution in [1.29, 1.82) is 0 Å². The zero-order valence-corrected chi connectivity index (χ0v) is 15.9. The molecule has 1 aromatic heterocycles. The molecular weight excluding hydrogens is 298 g/mol. The highest BCUT2D eigenvalue weighted by molar-refractivity contribution is 5.79. The predicted octanol–water partition coefficient (Wildman–Crippen LogP) is 3.42. The summed E-state index contributed by atoms with van der Waals surface area (Å²) in [4.78, 5) is 4.89. The van der Waals surface area contributed by atoms with E-state index >= 15 is 0 Å². The second kappa shape index (κ2) is 9.09. The van der Waals surface area contributed by atoms with Gasteiger partial charge in [0.2, 0.25) is 0 Å². The number of hydrogen-bond acceptors (Lipinski definition) is 2. The molecule has 0 unspecified atom stereocenters. The standard InChI is InChI=1S/C19H35N5/c1-5-20-18(21-11-6-8-17-13-23-24-16(17)4)22-14-19(9-7-10-19)12-15(2)3/h13,15H,5-12,14H2,1-4H3,(H,23,24)(H2,20,21,22). The fourth-order valence-electron chi connectivity index (χ4n) is 3.67. The molecule has 2 rings (SSSR count). The second-order valence-electron chi connectivity index (χ2n) is 7.70. The molecule has 0 saturated heterocycles. The van der Waals surface area contributed by atoms with Gasteiger partial charge in [-0.15, -0.1) is 0 Å². The van der Waals surface area contributed by atoms with Gasteiger partial charge in [0.05, 0.1) is 6.20 Å². The Kier molecular flexibility index (Phi) is 7.13. The van der Waals surface area contributed by atoms with Crippen LogP contribution < -0.4 is 10.6 Å². The minimum Gasteiger partial charge on any atom is -0.357 e. The monoisotopic (exact) mass is 333 g/mol. The maximum Gasteiger partial charge on any atom is 0.191 e. The number of aliphatic imine (C=N–C) groups is 1. The van der Waals surface area contributed by atoms with Gasteiger partial charge < -0.3 is 10.6 Å². The van der Waals surface area contributed by atoms with Crippen LogP contribution in [0.4, 0.5) is 0 Å². The quantitative estimate of drug-likeness (QED) is 0.368. The van der Waals surface area contributed by atoms with Crippen molar-refractivity contribution in [3.8, 4) is 0 Å². The Balaban J connectivity index is 1.78. The van der Waals surface area contributed by atoms with Gasteiger partial charge in [0.1, 0.15) is 0 Å². The number of nitrogens with zero attached hydrogens (tertiary/aromatic N) is 2. The van der Waals surface area contributed by atoms with Gasteiger partial charge >= 0.3 is 0 Å². The highest BCUT2D eigenvalue weighted by Crippen LogP contribution is 2.46. The molecule has 0 aromatic carbocycles. The Labute approximate surface area is 147 Å². The summed E-state index contributed by atoms with van der Waals surface area (Å²) in [5.41, 5.74) is 2.95. The molecule has 5 heteroatoms. The lowest BCUT2D eigenvalue weighted by Gasteiger charge is -2.42. The normalized spacial score (nSPS) is 17.0. The molecule has 0 radical (unpaired) electrons. The number of hydrogen-bond donors (Lipinski definition) is 3. The molecule has 1 aliphatic carbocycles. The highest BCUT2D eigenvalue weighted by Gasteiger charge is 2.37. The Hall–Kier alpha value is -1.52. The van der Waals surface area contributed by atoms with E-state index in [9.17, 15) is 0 Å². The van der Waals surface area contributed by atoms with Crippen molar-refractivity contribution in [2.75, 3.05) is 19.6 Å². The number of aryl methyl sites for hydroxylation is 2. The maximum atomic E-state index is 4.89. The van der Waals surface area contributed by atoms with Crippen molar-refractivity contribution in [1.82, 2.24) is 20.8 Å². The number of rotatable bonds is 9. The summed E-state index contributed by atoms with van der Waals surface area (Å²) in [6.07, 6.45) is 9.42. The molecular formula is C19H35N5. The van der Waals surface area contributed by atoms with Gasteiger partial charge in [0.15, 0.2) is 5.96 Å². The van der Waals surface area contributed by atoms with Crippen LogP contribution in [-0.4, -0.2) is 35.8 Å². The first-order valence-corrected chi connectivity index (χ1v) is 9.56. The Morgan fingerprint density at radius 2 is 2.17 bits per heavy atom. The first-order valence-electron chi connectivity index (χ1n) is 9.56. The second-order valence-corrected chi connectivity index (χ2v) is 7.70. The summed E-state index contributed by atoms with van der Waals surface area (Å²) in [7, 11) is 0. The number of H-pyrrole nitrogens is 1. The molecule has 1 fully saturated rings. The van der Waals surface area contributed by atoms with E-state index in [1.54, 1.807) is 0 Å². The van der Waals surface area contributed by atoms with Gasteiger partial charge in [-0.25, -0.2) is 0 Å². The summed E-state index contributed by atoms with van der Waals surface area (Å²) in [6, 6.07) is 0. The summed E-state index contributed by atoms with van der Waals surface area (Å²) in [6.45, 7) is 11.7. The Morgan fingerprint density at radius 1 is 1.38 bits per heavy atom. The van der Waals surface area contributed by atoms with Crippen molar-refractivity contribution < 1.29 is 0 Å². The fraction of sp³-hybridized carbons (Fsp3) is 0.789. The molecule has 0 atom stereocenters. The SMILES string of the molecule is CCNC(=NCC1(CC(C)C)CCC1)NCCCc1cn[nH]c1C. The molecule has 0 aliphatic heterocycles. The molecule has 3 N–H and O–H groups in total. The molecule has 1 heterocycles. The number of nitrogens with one attached hydrogen (secondary N) is 3. The fourth-order valence-corrected chi connectivity index (χ4v) is 3.67. The molecule has 136 valence electrons. The Morgan fingerprint density at radius 3 is 2.71 bits per heavy atom. The third-order valence-corrected chi connectivity index (χ3v) is 5.02. The van der Waals surface area contributed by atoms with Gasteiger partial charge in [-0.1, -0.05) is 20.3 Å². The third kappa shape index (κ3) is 5.53. The van der Waals surface area contributed by atoms with E-state index in [1.807, 2.05) is 6.20 Å². The van der Waals surface area contributed by atoms with E-state index in [-0.39, 0.29) is 0 Å². The van der Waals surface area contributed by atoms with Crippen LogP contribution in [0.5, 0.6) is 0 Å². The smallest absolute Gasteiger partial charge is 0.191 e. The van der Waals surface area contributed by atoms with E-state index in [2.05, 4.69) is 48.5 Å². The minimum absolute atomic E-state index is 0.463. The van der Waals surface area contributed by atoms with E-state index in [0.717, 1.165) is 44.4 Å². The first kappa shape index (κ1) is 18.8. The zero-order chi connectivity index (χ0) is 17.4. The number of aromatic amines is 1. The van der Waals surface area contributed by atoms with Crippen molar-refractivity contribution in [2.45, 2.75) is 66.2 Å². The van der Waals surface area contributed by atoms with Crippen molar-refractivity contribution in [3.63, 3.8) is 0 Å². The van der Waals surface area contributed by atoms with Crippen molar-refractivity contribution in [3.05, 3.63) is 17.5 Å². The summed E-state index contributed by atoms with van der Waals surface area (Å²) < 4.78 is 0. The van der Waals surface area contributed by atoms with Crippen LogP contribution in [0, 0.1) is 18.3 Å². The molecule has 0 bridgehead atoms. The zero-order valence-electron chi connectivity index (χ0n) is 15.9. The van der Waals surface area contributed by atoms with Crippen LogP contribution in [0.1, 0.15) is 64.1 Å². The van der Waals surface area contributed by atoms with Gasteiger partial charge in [0.25, 0.3) is 0 Å². The van der Waals surface area contributed by atoms with Crippen LogP contribution in [0.25, 0.3) is 0 Å². The van der Waals surface area contributed by atoms with E-state index in [0.29, 0.717) is 5.41 Å². The molecule has 1 saturated carbocycles. The molecule has 24 heavy (non-hydrogen) atoms. The Bertz CT molecular complexity index is 514. The first-order chi connectivity index (χ1) is 11.5. The number of aromatic nitrogens is 2. The topological polar surface area (TPSA) is 65.1 Å². The highest BCUT2D eigenvalue weighted by atomic mass is 15.2. The van der Waals surface area contributed by atoms with Crippen molar-refractivity contribution >= 4 is 5.96 Å². The summed E-state index contributed by atoms with van der Waals surface area (Å²) in [5, 5.41) is 13.9. The van der Waals surface area contributed by atoms with E-state index in [1.165, 1.54) is 36.9 Å². The molecule has 0 amide bonds. The van der Waals surface area contributed by atoms with Gasteiger partial charge in [-0.2, -0.15) is 5.10 Å². The average molecular weight is 334 g/mol. The third-order valence-electron chi connectivity index (χ3n) is 5.02. The maximum absolute atomic E-state index is 4.89. The molecule has 0 spiro atoms. The van der Waals surface area contributed by atoms with Gasteiger partial charge in [0, 0.05) is 25.3 Å². The van der Waals surface area contributed by atoms with Gasteiger partial charge in [-0.3, -0.25) is 10.1 Å². The van der Waals surface area contributed by atoms with Crippen LogP contribution in [0.15, 0.2) is 11.2 Å². The summed E-state index contributed by atoms with van der Waals surface area (Å²) >= 11 is 0. The average Bonchev–Trinajstić information content (AvgIpc) is 2.90. The lowest BCUT2D eigenvalue weighted by Crippen LogP contribution is -2.40. The predicted molar refractivity (Wildman–Crippen MR) is 101 cm³/mol. The molecule has 1 aliphatic rings. The molecule has 1 aromatic rings. The largest absolute Gasteiger partial charge is 0.357 e. The van der Waals surface area contributed by atoms with Crippen molar-refractivity contribution in [2.24, 2.45) is 16.3 Å². The minimum atomic E-state index is 0.463. The molecule has 5 nitrogen and oxygen atoms in total.